The summed E-state index contributed by atoms with van der Waals surface area (Å²) in [5.74, 6) is -2.57. The Morgan fingerprint density at radius 1 is 1.18 bits per heavy atom. The van der Waals surface area contributed by atoms with Gasteiger partial charge in [0.25, 0.3) is 5.92 Å². The van der Waals surface area contributed by atoms with Gasteiger partial charge in [0.2, 0.25) is 0 Å². The molecule has 0 amide bonds. The van der Waals surface area contributed by atoms with Gasteiger partial charge in [0.1, 0.15) is 0 Å². The maximum atomic E-state index is 12.9. The number of halogens is 2. The monoisotopic (exact) mass is 154 g/mol. The van der Waals surface area contributed by atoms with Gasteiger partial charge in [-0.1, -0.05) is 24.3 Å². The van der Waals surface area contributed by atoms with Gasteiger partial charge in [0.15, 0.2) is 0 Å². The second kappa shape index (κ2) is 2.03. The summed E-state index contributed by atoms with van der Waals surface area (Å²) in [4.78, 5) is 0. The lowest BCUT2D eigenvalue weighted by Crippen LogP contribution is -2.06. The van der Waals surface area contributed by atoms with E-state index in [1.54, 1.807) is 18.2 Å². The highest BCUT2D eigenvalue weighted by Gasteiger charge is 2.38. The molecule has 0 unspecified atom stereocenters. The Hall–Kier alpha value is -0.920. The highest BCUT2D eigenvalue weighted by atomic mass is 19.3. The summed E-state index contributed by atoms with van der Waals surface area (Å²) in [6.07, 6.45) is 0.496. The predicted octanol–water partition coefficient (Wildman–Crippen LogP) is 2.72. The average Bonchev–Trinajstić information content (AvgIpc) is 2.29. The molecule has 1 aliphatic carbocycles. The van der Waals surface area contributed by atoms with Crippen LogP contribution in [0.2, 0.25) is 0 Å². The van der Waals surface area contributed by atoms with E-state index in [-0.39, 0.29) is 12.0 Å². The van der Waals surface area contributed by atoms with Crippen molar-refractivity contribution < 1.29 is 8.78 Å². The summed E-state index contributed by atoms with van der Waals surface area (Å²) < 4.78 is 25.9. The fraction of sp³-hybridized carbons (Fsp3) is 0.333. The SMILES string of the molecule is FC1(F)CCc2ccccc21. The van der Waals surface area contributed by atoms with Crippen LogP contribution in [-0.4, -0.2) is 0 Å². The van der Waals surface area contributed by atoms with E-state index in [9.17, 15) is 8.78 Å². The fourth-order valence-corrected chi connectivity index (χ4v) is 1.52. The van der Waals surface area contributed by atoms with Gasteiger partial charge in [-0.05, 0) is 12.0 Å². The minimum absolute atomic E-state index is 0.0215. The first kappa shape index (κ1) is 6.77. The van der Waals surface area contributed by atoms with E-state index in [1.807, 2.05) is 0 Å². The summed E-state index contributed by atoms with van der Waals surface area (Å²) in [6, 6.07) is 6.76. The molecule has 0 spiro atoms. The Labute approximate surface area is 63.9 Å². The molecule has 0 atom stereocenters. The summed E-state index contributed by atoms with van der Waals surface area (Å²) in [6.45, 7) is 0. The molecule has 11 heavy (non-hydrogen) atoms. The largest absolute Gasteiger partial charge is 0.273 e. The molecule has 2 heteroatoms. The van der Waals surface area contributed by atoms with Crippen molar-refractivity contribution in [3.8, 4) is 0 Å². The number of alkyl halides is 2. The summed E-state index contributed by atoms with van der Waals surface area (Å²) >= 11 is 0. The van der Waals surface area contributed by atoms with Crippen molar-refractivity contribution >= 4 is 0 Å². The minimum Gasteiger partial charge on any atom is -0.201 e. The topological polar surface area (TPSA) is 0 Å². The highest BCUT2D eigenvalue weighted by Crippen LogP contribution is 2.40. The fourth-order valence-electron chi connectivity index (χ4n) is 1.52. The van der Waals surface area contributed by atoms with Gasteiger partial charge in [-0.15, -0.1) is 0 Å². The van der Waals surface area contributed by atoms with Crippen LogP contribution in [-0.2, 0) is 12.3 Å². The van der Waals surface area contributed by atoms with E-state index < -0.39 is 5.92 Å². The second-order valence-corrected chi connectivity index (χ2v) is 2.86. The molecule has 1 aliphatic rings. The first-order chi connectivity index (χ1) is 5.20. The van der Waals surface area contributed by atoms with E-state index in [1.165, 1.54) is 6.07 Å². The van der Waals surface area contributed by atoms with Crippen molar-refractivity contribution in [1.29, 1.82) is 0 Å². The van der Waals surface area contributed by atoms with Gasteiger partial charge in [-0.2, -0.15) is 0 Å². The summed E-state index contributed by atoms with van der Waals surface area (Å²) in [7, 11) is 0. The van der Waals surface area contributed by atoms with E-state index >= 15 is 0 Å². The van der Waals surface area contributed by atoms with E-state index in [0.29, 0.717) is 6.42 Å². The van der Waals surface area contributed by atoms with E-state index in [0.717, 1.165) is 5.56 Å². The lowest BCUT2D eigenvalue weighted by molar-refractivity contribution is -0.00183. The Morgan fingerprint density at radius 3 is 2.64 bits per heavy atom. The van der Waals surface area contributed by atoms with Crippen LogP contribution in [0.5, 0.6) is 0 Å². The third-order valence-corrected chi connectivity index (χ3v) is 2.12. The van der Waals surface area contributed by atoms with Crippen LogP contribution in [0, 0.1) is 0 Å². The number of aryl methyl sites for hydroxylation is 1. The van der Waals surface area contributed by atoms with Crippen LogP contribution in [0.1, 0.15) is 17.5 Å². The van der Waals surface area contributed by atoms with E-state index in [4.69, 9.17) is 0 Å². The van der Waals surface area contributed by atoms with Crippen LogP contribution < -0.4 is 0 Å². The lowest BCUT2D eigenvalue weighted by atomic mass is 10.1. The minimum atomic E-state index is -2.57. The second-order valence-electron chi connectivity index (χ2n) is 2.86. The Bertz CT molecular complexity index is 279. The van der Waals surface area contributed by atoms with E-state index in [2.05, 4.69) is 0 Å². The Morgan fingerprint density at radius 2 is 1.91 bits per heavy atom. The molecular formula is C9H8F2. The molecule has 1 aromatic carbocycles. The molecule has 0 radical (unpaired) electrons. The maximum Gasteiger partial charge on any atom is 0.273 e. The van der Waals surface area contributed by atoms with Gasteiger partial charge in [-0.25, -0.2) is 8.78 Å². The van der Waals surface area contributed by atoms with Crippen molar-refractivity contribution in [2.24, 2.45) is 0 Å². The Balaban J connectivity index is 2.56. The van der Waals surface area contributed by atoms with Crippen molar-refractivity contribution in [1.82, 2.24) is 0 Å². The van der Waals surface area contributed by atoms with Gasteiger partial charge in [0, 0.05) is 12.0 Å². The summed E-state index contributed by atoms with van der Waals surface area (Å²) in [5, 5.41) is 0. The third-order valence-electron chi connectivity index (χ3n) is 2.12. The van der Waals surface area contributed by atoms with Crippen molar-refractivity contribution in [2.75, 3.05) is 0 Å². The zero-order valence-corrected chi connectivity index (χ0v) is 5.98. The number of hydrogen-bond donors (Lipinski definition) is 0. The number of hydrogen-bond acceptors (Lipinski definition) is 0. The normalized spacial score (nSPS) is 19.8. The molecule has 0 aromatic heterocycles. The molecule has 0 nitrogen and oxygen atoms in total. The molecule has 2 rings (SSSR count). The van der Waals surface area contributed by atoms with Gasteiger partial charge < -0.3 is 0 Å². The number of benzene rings is 1. The summed E-state index contributed by atoms with van der Waals surface area (Å²) in [5.41, 5.74) is 1.03. The van der Waals surface area contributed by atoms with Gasteiger partial charge in [-0.3, -0.25) is 0 Å². The smallest absolute Gasteiger partial charge is 0.201 e. The van der Waals surface area contributed by atoms with Crippen LogP contribution >= 0.6 is 0 Å². The van der Waals surface area contributed by atoms with Crippen LogP contribution in [0.3, 0.4) is 0 Å². The van der Waals surface area contributed by atoms with Gasteiger partial charge >= 0.3 is 0 Å². The standard InChI is InChI=1S/C9H8F2/c10-9(11)6-5-7-3-1-2-4-8(7)9/h1-4H,5-6H2. The first-order valence-corrected chi connectivity index (χ1v) is 3.66. The predicted molar refractivity (Wildman–Crippen MR) is 38.7 cm³/mol. The maximum absolute atomic E-state index is 12.9. The molecule has 0 aliphatic heterocycles. The number of rotatable bonds is 0. The zero-order chi connectivity index (χ0) is 7.90. The molecule has 0 bridgehead atoms. The Kier molecular flexibility index (Phi) is 1.25. The molecule has 58 valence electrons. The zero-order valence-electron chi connectivity index (χ0n) is 5.98. The quantitative estimate of drug-likeness (QED) is 0.539. The van der Waals surface area contributed by atoms with Crippen LogP contribution in [0.4, 0.5) is 8.78 Å². The van der Waals surface area contributed by atoms with Crippen LogP contribution in [0.25, 0.3) is 0 Å². The molecule has 0 heterocycles. The van der Waals surface area contributed by atoms with Gasteiger partial charge in [0.05, 0.1) is 0 Å². The number of fused-ring (bicyclic) bond motifs is 1. The average molecular weight is 154 g/mol. The molecular weight excluding hydrogens is 146 g/mol. The molecule has 0 saturated carbocycles. The highest BCUT2D eigenvalue weighted by molar-refractivity contribution is 5.35. The molecule has 0 N–H and O–H groups in total. The molecule has 0 fully saturated rings. The lowest BCUT2D eigenvalue weighted by Gasteiger charge is -2.08. The molecule has 0 saturated heterocycles. The molecule has 1 aromatic rings. The van der Waals surface area contributed by atoms with Crippen molar-refractivity contribution in [3.05, 3.63) is 35.4 Å². The van der Waals surface area contributed by atoms with Crippen molar-refractivity contribution in [3.63, 3.8) is 0 Å². The first-order valence-electron chi connectivity index (χ1n) is 3.66. The third kappa shape index (κ3) is 0.934. The van der Waals surface area contributed by atoms with Crippen molar-refractivity contribution in [2.45, 2.75) is 18.8 Å². The van der Waals surface area contributed by atoms with Crippen LogP contribution in [0.15, 0.2) is 24.3 Å².